The van der Waals surface area contributed by atoms with Crippen LogP contribution >= 0.6 is 0 Å². The molecule has 8 heteroatoms. The summed E-state index contributed by atoms with van der Waals surface area (Å²) in [4.78, 5) is 29.7. The van der Waals surface area contributed by atoms with Gasteiger partial charge in [0.15, 0.2) is 0 Å². The van der Waals surface area contributed by atoms with E-state index < -0.39 is 17.9 Å². The lowest BCUT2D eigenvalue weighted by Gasteiger charge is -2.25. The van der Waals surface area contributed by atoms with Crippen molar-refractivity contribution in [3.8, 4) is 17.1 Å². The zero-order valence-electron chi connectivity index (χ0n) is 19.2. The molecular weight excluding hydrogens is 446 g/mol. The van der Waals surface area contributed by atoms with Crippen LogP contribution in [0.5, 0.6) is 5.75 Å². The minimum absolute atomic E-state index is 0.0976. The summed E-state index contributed by atoms with van der Waals surface area (Å²) in [5.41, 5.74) is 3.56. The Balaban J connectivity index is 1.43. The van der Waals surface area contributed by atoms with Crippen LogP contribution in [-0.4, -0.2) is 37.7 Å². The third kappa shape index (κ3) is 4.77. The number of nitrogens with one attached hydrogen (secondary N) is 1. The molecule has 0 unspecified atom stereocenters. The molecule has 35 heavy (non-hydrogen) atoms. The summed E-state index contributed by atoms with van der Waals surface area (Å²) in [6, 6.07) is 12.7. The summed E-state index contributed by atoms with van der Waals surface area (Å²) >= 11 is 0. The number of hydrogen-bond donors (Lipinski definition) is 3. The predicted molar refractivity (Wildman–Crippen MR) is 130 cm³/mol. The van der Waals surface area contributed by atoms with Crippen molar-refractivity contribution in [1.29, 1.82) is 0 Å². The Morgan fingerprint density at radius 1 is 1.09 bits per heavy atom. The quantitative estimate of drug-likeness (QED) is 0.350. The molecule has 1 atom stereocenters. The van der Waals surface area contributed by atoms with Gasteiger partial charge in [-0.2, -0.15) is 0 Å². The molecule has 1 fully saturated rings. The number of benzene rings is 2. The third-order valence-electron chi connectivity index (χ3n) is 6.65. The van der Waals surface area contributed by atoms with E-state index in [-0.39, 0.29) is 12.2 Å². The van der Waals surface area contributed by atoms with Crippen LogP contribution in [0.4, 0.5) is 0 Å². The standard InChI is InChI=1S/C27H27N3O5/c31-21-9-6-17(7-10-21)14-23(27(33)34)29-26(32)18-8-11-24-22(15-18)28-25(19-12-13-35-16-19)30(24)20-4-2-1-3-5-20/h6-13,15-16,20,23,31H,1-5,14H2,(H,29,32)(H,33,34)/t23-/m0/s1. The molecule has 3 N–H and O–H groups in total. The largest absolute Gasteiger partial charge is 0.508 e. The lowest BCUT2D eigenvalue weighted by molar-refractivity contribution is -0.139. The van der Waals surface area contributed by atoms with E-state index >= 15 is 0 Å². The van der Waals surface area contributed by atoms with Gasteiger partial charge in [0.25, 0.3) is 5.91 Å². The normalized spacial score (nSPS) is 15.2. The summed E-state index contributed by atoms with van der Waals surface area (Å²) in [7, 11) is 0. The Bertz CT molecular complexity index is 1340. The first-order valence-electron chi connectivity index (χ1n) is 11.9. The number of fused-ring (bicyclic) bond motifs is 1. The number of rotatable bonds is 7. The molecule has 2 aromatic carbocycles. The molecule has 1 saturated carbocycles. The number of carbonyl (C=O) groups is 2. The molecule has 1 aliphatic rings. The molecule has 0 saturated heterocycles. The Morgan fingerprint density at radius 2 is 1.86 bits per heavy atom. The molecule has 4 aromatic rings. The average molecular weight is 474 g/mol. The van der Waals surface area contributed by atoms with Crippen molar-refractivity contribution < 1.29 is 24.2 Å². The Kier molecular flexibility index (Phi) is 6.27. The zero-order valence-corrected chi connectivity index (χ0v) is 19.2. The van der Waals surface area contributed by atoms with Crippen molar-refractivity contribution >= 4 is 22.9 Å². The van der Waals surface area contributed by atoms with Crippen LogP contribution in [0, 0.1) is 0 Å². The molecule has 8 nitrogen and oxygen atoms in total. The van der Waals surface area contributed by atoms with Gasteiger partial charge in [0.2, 0.25) is 0 Å². The minimum Gasteiger partial charge on any atom is -0.508 e. The number of amides is 1. The number of imidazole rings is 1. The van der Waals surface area contributed by atoms with Crippen LogP contribution in [0.3, 0.4) is 0 Å². The van der Waals surface area contributed by atoms with E-state index in [0.29, 0.717) is 22.7 Å². The summed E-state index contributed by atoms with van der Waals surface area (Å²) in [5.74, 6) is -0.694. The van der Waals surface area contributed by atoms with E-state index in [1.54, 1.807) is 36.8 Å². The molecule has 5 rings (SSSR count). The van der Waals surface area contributed by atoms with Gasteiger partial charge in [-0.05, 0) is 54.8 Å². The number of hydrogen-bond acceptors (Lipinski definition) is 5. The maximum Gasteiger partial charge on any atom is 0.326 e. The molecule has 0 bridgehead atoms. The van der Waals surface area contributed by atoms with Gasteiger partial charge in [-0.25, -0.2) is 9.78 Å². The fraction of sp³-hybridized carbons (Fsp3) is 0.296. The molecule has 1 amide bonds. The summed E-state index contributed by atoms with van der Waals surface area (Å²) in [6.07, 6.45) is 9.15. The number of phenolic OH excluding ortho intramolecular Hbond substituents is 1. The Morgan fingerprint density at radius 3 is 2.54 bits per heavy atom. The van der Waals surface area contributed by atoms with Crippen molar-refractivity contribution in [2.75, 3.05) is 0 Å². The summed E-state index contributed by atoms with van der Waals surface area (Å²) < 4.78 is 7.56. The Labute approximate surface area is 202 Å². The lowest BCUT2D eigenvalue weighted by atomic mass is 9.95. The molecule has 0 radical (unpaired) electrons. The van der Waals surface area contributed by atoms with Crippen LogP contribution in [0.1, 0.15) is 54.1 Å². The fourth-order valence-corrected chi connectivity index (χ4v) is 4.85. The van der Waals surface area contributed by atoms with Gasteiger partial charge < -0.3 is 24.5 Å². The van der Waals surface area contributed by atoms with Crippen molar-refractivity contribution in [3.63, 3.8) is 0 Å². The zero-order chi connectivity index (χ0) is 24.4. The molecule has 1 aliphatic carbocycles. The van der Waals surface area contributed by atoms with Gasteiger partial charge in [-0.3, -0.25) is 4.79 Å². The van der Waals surface area contributed by atoms with Crippen LogP contribution in [0.15, 0.2) is 65.5 Å². The highest BCUT2D eigenvalue weighted by atomic mass is 16.4. The number of furan rings is 1. The van der Waals surface area contributed by atoms with Gasteiger partial charge in [-0.1, -0.05) is 31.4 Å². The van der Waals surface area contributed by atoms with Crippen LogP contribution < -0.4 is 5.32 Å². The third-order valence-corrected chi connectivity index (χ3v) is 6.65. The number of nitrogens with zero attached hydrogens (tertiary/aromatic N) is 2. The van der Waals surface area contributed by atoms with E-state index in [9.17, 15) is 19.8 Å². The highest BCUT2D eigenvalue weighted by molar-refractivity contribution is 5.99. The van der Waals surface area contributed by atoms with Crippen LogP contribution in [-0.2, 0) is 11.2 Å². The highest BCUT2D eigenvalue weighted by Gasteiger charge is 2.25. The SMILES string of the molecule is O=C(N[C@@H](Cc1ccc(O)cc1)C(=O)O)c1ccc2c(c1)nc(-c1ccoc1)n2C1CCCCC1. The smallest absolute Gasteiger partial charge is 0.326 e. The average Bonchev–Trinajstić information content (AvgIpc) is 3.53. The maximum absolute atomic E-state index is 13.0. The Hall–Kier alpha value is -4.07. The van der Waals surface area contributed by atoms with Gasteiger partial charge in [0.1, 0.15) is 23.9 Å². The minimum atomic E-state index is -1.13. The van der Waals surface area contributed by atoms with E-state index in [0.717, 1.165) is 29.7 Å². The number of aliphatic carboxylic acids is 1. The number of carboxylic acid groups (broad SMARTS) is 1. The number of carboxylic acids is 1. The molecule has 2 aromatic heterocycles. The van der Waals surface area contributed by atoms with Crippen molar-refractivity contribution in [1.82, 2.24) is 14.9 Å². The number of aromatic nitrogens is 2. The molecule has 0 spiro atoms. The molecule has 2 heterocycles. The number of carbonyl (C=O) groups excluding carboxylic acids is 1. The summed E-state index contributed by atoms with van der Waals surface area (Å²) in [5, 5.41) is 21.7. The van der Waals surface area contributed by atoms with E-state index in [2.05, 4.69) is 9.88 Å². The number of aromatic hydroxyl groups is 1. The first kappa shape index (κ1) is 22.7. The van der Waals surface area contributed by atoms with Gasteiger partial charge >= 0.3 is 5.97 Å². The fourth-order valence-electron chi connectivity index (χ4n) is 4.85. The second-order valence-electron chi connectivity index (χ2n) is 9.05. The topological polar surface area (TPSA) is 118 Å². The monoisotopic (exact) mass is 473 g/mol. The second-order valence-corrected chi connectivity index (χ2v) is 9.05. The lowest BCUT2D eigenvalue weighted by Crippen LogP contribution is -2.42. The van der Waals surface area contributed by atoms with Crippen LogP contribution in [0.25, 0.3) is 22.4 Å². The van der Waals surface area contributed by atoms with E-state index in [4.69, 9.17) is 9.40 Å². The first-order chi connectivity index (χ1) is 17.0. The first-order valence-corrected chi connectivity index (χ1v) is 11.9. The van der Waals surface area contributed by atoms with E-state index in [1.807, 2.05) is 12.1 Å². The van der Waals surface area contributed by atoms with Gasteiger partial charge in [-0.15, -0.1) is 0 Å². The highest BCUT2D eigenvalue weighted by Crippen LogP contribution is 2.36. The second kappa shape index (κ2) is 9.66. The van der Waals surface area contributed by atoms with Gasteiger partial charge in [0, 0.05) is 18.0 Å². The number of phenols is 1. The molecular formula is C27H27N3O5. The van der Waals surface area contributed by atoms with Crippen molar-refractivity contribution in [2.24, 2.45) is 0 Å². The molecule has 180 valence electrons. The van der Waals surface area contributed by atoms with Crippen molar-refractivity contribution in [2.45, 2.75) is 50.6 Å². The maximum atomic E-state index is 13.0. The molecule has 0 aliphatic heterocycles. The van der Waals surface area contributed by atoms with Crippen molar-refractivity contribution in [3.05, 3.63) is 72.2 Å². The van der Waals surface area contributed by atoms with Gasteiger partial charge in [0.05, 0.1) is 22.9 Å². The summed E-state index contributed by atoms with van der Waals surface area (Å²) in [6.45, 7) is 0. The van der Waals surface area contributed by atoms with Crippen LogP contribution in [0.2, 0.25) is 0 Å². The predicted octanol–water partition coefficient (Wildman–Crippen LogP) is 4.93. The van der Waals surface area contributed by atoms with E-state index in [1.165, 1.54) is 31.4 Å².